The van der Waals surface area contributed by atoms with Crippen LogP contribution in [0.15, 0.2) is 60.9 Å². The molecule has 1 heterocycles. The highest BCUT2D eigenvalue weighted by molar-refractivity contribution is 5.37. The maximum Gasteiger partial charge on any atom is 0.0963 e. The van der Waals surface area contributed by atoms with Crippen molar-refractivity contribution < 1.29 is 9.84 Å². The number of β-amino-alcohol motifs (C(OH)–C–C–N with tert-alkyl or cyclic N) is 1. The maximum atomic E-state index is 9.84. The van der Waals surface area contributed by atoms with Crippen molar-refractivity contribution in [1.29, 1.82) is 0 Å². The van der Waals surface area contributed by atoms with Gasteiger partial charge in [0.15, 0.2) is 0 Å². The van der Waals surface area contributed by atoms with Crippen molar-refractivity contribution >= 4 is 0 Å². The molecule has 0 aromatic heterocycles. The molecule has 3 rings (SSSR count). The number of hydrogen-bond donors (Lipinski definition) is 1. The quantitative estimate of drug-likeness (QED) is 0.313. The second-order valence-electron chi connectivity index (χ2n) is 10.2. The lowest BCUT2D eigenvalue weighted by atomic mass is 9.84. The van der Waals surface area contributed by atoms with Crippen molar-refractivity contribution in [2.75, 3.05) is 40.4 Å². The Bertz CT molecular complexity index is 912. The molecule has 1 N–H and O–H groups in total. The van der Waals surface area contributed by atoms with Crippen LogP contribution < -0.4 is 0 Å². The first-order valence-corrected chi connectivity index (χ1v) is 13.4. The number of aliphatic hydroxyl groups is 1. The Labute approximate surface area is 213 Å². The second-order valence-corrected chi connectivity index (χ2v) is 10.2. The van der Waals surface area contributed by atoms with E-state index in [-0.39, 0.29) is 6.10 Å². The number of aryl methyl sites for hydroxylation is 1. The Hall–Kier alpha value is -2.30. The van der Waals surface area contributed by atoms with Gasteiger partial charge in [0.05, 0.1) is 11.9 Å². The van der Waals surface area contributed by atoms with E-state index in [1.165, 1.54) is 47.9 Å². The number of nitrogens with zero attached hydrogens (tertiary/aromatic N) is 2. The summed E-state index contributed by atoms with van der Waals surface area (Å²) in [5, 5.41) is 9.84. The molecule has 35 heavy (non-hydrogen) atoms. The highest BCUT2D eigenvalue weighted by Gasteiger charge is 2.23. The molecule has 192 valence electrons. The van der Waals surface area contributed by atoms with Crippen molar-refractivity contribution in [3.8, 4) is 0 Å². The zero-order chi connectivity index (χ0) is 25.0. The van der Waals surface area contributed by atoms with Crippen molar-refractivity contribution in [2.24, 2.45) is 0 Å². The van der Waals surface area contributed by atoms with Crippen LogP contribution in [0.3, 0.4) is 0 Å². The van der Waals surface area contributed by atoms with Crippen LogP contribution in [0.5, 0.6) is 0 Å². The lowest BCUT2D eigenvalue weighted by Gasteiger charge is -2.30. The molecule has 0 bridgehead atoms. The molecule has 4 heteroatoms. The summed E-state index contributed by atoms with van der Waals surface area (Å²) in [6.07, 6.45) is 8.74. The number of benzene rings is 2. The van der Waals surface area contributed by atoms with Gasteiger partial charge in [-0.25, -0.2) is 0 Å². The summed E-state index contributed by atoms with van der Waals surface area (Å²) in [5.74, 6) is 1.62. The van der Waals surface area contributed by atoms with Crippen molar-refractivity contribution in [2.45, 2.75) is 70.3 Å². The predicted molar refractivity (Wildman–Crippen MR) is 147 cm³/mol. The summed E-state index contributed by atoms with van der Waals surface area (Å²) in [7, 11) is 3.93. The Morgan fingerprint density at radius 3 is 2.43 bits per heavy atom. The fourth-order valence-electron chi connectivity index (χ4n) is 5.29. The van der Waals surface area contributed by atoms with E-state index in [0.717, 1.165) is 51.2 Å². The van der Waals surface area contributed by atoms with E-state index in [9.17, 15) is 5.11 Å². The standard InChI is InChI=1S/C31H46N2O2/c1-25-13-5-6-16-28(25)23-29-17-7-8-18-31(29)27(15-10-12-22-35-4)14-9-11-20-32(3)26(2)33-21-19-30(34)24-33/h5-8,13,16-18,27,30,34H,2,9-12,14-15,19-24H2,1,3-4H3. The van der Waals surface area contributed by atoms with Gasteiger partial charge < -0.3 is 19.6 Å². The van der Waals surface area contributed by atoms with Gasteiger partial charge in [-0.3, -0.25) is 0 Å². The van der Waals surface area contributed by atoms with Crippen molar-refractivity contribution in [1.82, 2.24) is 9.80 Å². The molecule has 2 atom stereocenters. The van der Waals surface area contributed by atoms with Gasteiger partial charge in [0.25, 0.3) is 0 Å². The molecule has 4 nitrogen and oxygen atoms in total. The summed E-state index contributed by atoms with van der Waals surface area (Å²) < 4.78 is 5.31. The number of hydrogen-bond acceptors (Lipinski definition) is 4. The molecule has 2 aromatic carbocycles. The SMILES string of the molecule is C=C(N(C)CCCCC(CCCCOC)c1ccccc1Cc1ccccc1C)N1CCC(O)C1. The summed E-state index contributed by atoms with van der Waals surface area (Å²) in [6.45, 7) is 9.96. The average Bonchev–Trinajstić information content (AvgIpc) is 3.30. The van der Waals surface area contributed by atoms with Crippen LogP contribution in [0, 0.1) is 6.92 Å². The molecule has 2 aromatic rings. The smallest absolute Gasteiger partial charge is 0.0963 e. The number of unbranched alkanes of at least 4 members (excludes halogenated alkanes) is 2. The third-order valence-electron chi connectivity index (χ3n) is 7.55. The van der Waals surface area contributed by atoms with Gasteiger partial charge in [-0.2, -0.15) is 0 Å². The van der Waals surface area contributed by atoms with Gasteiger partial charge in [-0.15, -0.1) is 0 Å². The molecule has 1 fully saturated rings. The number of methoxy groups -OCH3 is 1. The highest BCUT2D eigenvalue weighted by atomic mass is 16.5. The van der Waals surface area contributed by atoms with Gasteiger partial charge in [0.1, 0.15) is 0 Å². The average molecular weight is 479 g/mol. The van der Waals surface area contributed by atoms with E-state index in [1.54, 1.807) is 7.11 Å². The van der Waals surface area contributed by atoms with E-state index >= 15 is 0 Å². The van der Waals surface area contributed by atoms with Crippen LogP contribution in [-0.2, 0) is 11.2 Å². The van der Waals surface area contributed by atoms with Crippen molar-refractivity contribution in [3.05, 3.63) is 83.2 Å². The normalized spacial score (nSPS) is 16.5. The van der Waals surface area contributed by atoms with Gasteiger partial charge >= 0.3 is 0 Å². The second kappa shape index (κ2) is 14.3. The Morgan fingerprint density at radius 1 is 1.06 bits per heavy atom. The van der Waals surface area contributed by atoms with Gasteiger partial charge in [-0.05, 0) is 73.6 Å². The molecule has 1 aliphatic heterocycles. The molecular weight excluding hydrogens is 432 g/mol. The van der Waals surface area contributed by atoms with Crippen LogP contribution in [0.4, 0.5) is 0 Å². The Morgan fingerprint density at radius 2 is 1.74 bits per heavy atom. The predicted octanol–water partition coefficient (Wildman–Crippen LogP) is 6.13. The minimum absolute atomic E-state index is 0.209. The van der Waals surface area contributed by atoms with Crippen LogP contribution in [0.25, 0.3) is 0 Å². The number of likely N-dealkylation sites (tertiary alicyclic amines) is 1. The van der Waals surface area contributed by atoms with E-state index < -0.39 is 0 Å². The molecule has 0 aliphatic carbocycles. The van der Waals surface area contributed by atoms with Crippen LogP contribution in [0.1, 0.15) is 73.1 Å². The lowest BCUT2D eigenvalue weighted by Crippen LogP contribution is -2.32. The van der Waals surface area contributed by atoms with Crippen molar-refractivity contribution in [3.63, 3.8) is 0 Å². The first kappa shape index (κ1) is 27.3. The molecule has 0 saturated carbocycles. The summed E-state index contributed by atoms with van der Waals surface area (Å²) >= 11 is 0. The topological polar surface area (TPSA) is 35.9 Å². The lowest BCUT2D eigenvalue weighted by molar-refractivity contribution is 0.173. The summed E-state index contributed by atoms with van der Waals surface area (Å²) in [6, 6.07) is 17.8. The highest BCUT2D eigenvalue weighted by Crippen LogP contribution is 2.32. The zero-order valence-electron chi connectivity index (χ0n) is 22.2. The Kier molecular flexibility index (Phi) is 11.2. The molecule has 2 unspecified atom stereocenters. The van der Waals surface area contributed by atoms with Crippen LogP contribution in [0.2, 0.25) is 0 Å². The van der Waals surface area contributed by atoms with E-state index in [2.05, 4.69) is 78.9 Å². The number of ether oxygens (including phenoxy) is 1. The van der Waals surface area contributed by atoms with Gasteiger partial charge in [-0.1, -0.05) is 68.0 Å². The monoisotopic (exact) mass is 478 g/mol. The third kappa shape index (κ3) is 8.40. The first-order chi connectivity index (χ1) is 17.0. The Balaban J connectivity index is 1.60. The van der Waals surface area contributed by atoms with E-state index in [1.807, 2.05) is 0 Å². The fraction of sp³-hybridized carbons (Fsp3) is 0.548. The zero-order valence-corrected chi connectivity index (χ0v) is 22.2. The fourth-order valence-corrected chi connectivity index (χ4v) is 5.29. The number of aliphatic hydroxyl groups excluding tert-OH is 1. The van der Waals surface area contributed by atoms with E-state index in [4.69, 9.17) is 4.74 Å². The molecule has 0 amide bonds. The maximum absolute atomic E-state index is 9.84. The molecule has 1 saturated heterocycles. The van der Waals surface area contributed by atoms with Crippen LogP contribution >= 0.6 is 0 Å². The minimum Gasteiger partial charge on any atom is -0.391 e. The summed E-state index contributed by atoms with van der Waals surface area (Å²) in [5.41, 5.74) is 5.78. The van der Waals surface area contributed by atoms with Gasteiger partial charge in [0.2, 0.25) is 0 Å². The number of rotatable bonds is 15. The van der Waals surface area contributed by atoms with E-state index in [0.29, 0.717) is 12.5 Å². The third-order valence-corrected chi connectivity index (χ3v) is 7.55. The molecule has 0 spiro atoms. The van der Waals surface area contributed by atoms with Gasteiger partial charge in [0, 0.05) is 40.4 Å². The summed E-state index contributed by atoms with van der Waals surface area (Å²) in [4.78, 5) is 4.48. The molecular formula is C31H46N2O2. The minimum atomic E-state index is -0.209. The first-order valence-electron chi connectivity index (χ1n) is 13.4. The molecule has 1 aliphatic rings. The molecule has 0 radical (unpaired) electrons. The van der Waals surface area contributed by atoms with Crippen LogP contribution in [-0.4, -0.2) is 61.4 Å². The largest absolute Gasteiger partial charge is 0.391 e.